The van der Waals surface area contributed by atoms with Crippen molar-refractivity contribution >= 4 is 17.7 Å². The molecule has 1 aromatic rings. The molecule has 2 rings (SSSR count). The highest BCUT2D eigenvalue weighted by molar-refractivity contribution is 5.84. The number of carboxylic acids is 1. The summed E-state index contributed by atoms with van der Waals surface area (Å²) in [6.07, 6.45) is 5.09. The lowest BCUT2D eigenvalue weighted by Crippen LogP contribution is -2.42. The van der Waals surface area contributed by atoms with Gasteiger partial charge >= 0.3 is 12.1 Å². The van der Waals surface area contributed by atoms with E-state index in [1.807, 2.05) is 37.3 Å². The maximum absolute atomic E-state index is 11.9. The minimum Gasteiger partial charge on any atom is -0.481 e. The average Bonchev–Trinajstić information content (AvgIpc) is 2.64. The van der Waals surface area contributed by atoms with Gasteiger partial charge in [0.1, 0.15) is 12.7 Å². The number of hydrogen-bond acceptors (Lipinski definition) is 5. The summed E-state index contributed by atoms with van der Waals surface area (Å²) in [5, 5.41) is 11.3. The predicted octanol–water partition coefficient (Wildman–Crippen LogP) is 3.81. The number of amides is 1. The first kappa shape index (κ1) is 20.9. The van der Waals surface area contributed by atoms with Crippen molar-refractivity contribution in [3.63, 3.8) is 0 Å². The molecular formula is C20H27NO6. The van der Waals surface area contributed by atoms with Crippen LogP contribution in [-0.4, -0.2) is 42.8 Å². The van der Waals surface area contributed by atoms with E-state index in [-0.39, 0.29) is 31.3 Å². The summed E-state index contributed by atoms with van der Waals surface area (Å²) in [5.74, 6) is -0.709. The van der Waals surface area contributed by atoms with Gasteiger partial charge in [0.05, 0.1) is 6.61 Å². The van der Waals surface area contributed by atoms with E-state index in [0.29, 0.717) is 25.1 Å². The number of nitrogens with one attached hydrogen (secondary N) is 1. The number of benzene rings is 1. The fraction of sp³-hybridized carbons (Fsp3) is 0.500. The molecule has 0 aromatic heterocycles. The zero-order valence-corrected chi connectivity index (χ0v) is 15.5. The number of allylic oxidation sites excluding steroid dienone is 2. The van der Waals surface area contributed by atoms with Gasteiger partial charge in [-0.15, -0.1) is 0 Å². The molecule has 0 saturated carbocycles. The smallest absolute Gasteiger partial charge is 0.411 e. The minimum atomic E-state index is -0.780. The molecular weight excluding hydrogens is 350 g/mol. The summed E-state index contributed by atoms with van der Waals surface area (Å²) in [5.41, 5.74) is 0.671. The van der Waals surface area contributed by atoms with Crippen molar-refractivity contribution in [1.82, 2.24) is 0 Å². The summed E-state index contributed by atoms with van der Waals surface area (Å²) >= 11 is 0. The molecule has 0 spiro atoms. The Morgan fingerprint density at radius 3 is 2.81 bits per heavy atom. The summed E-state index contributed by atoms with van der Waals surface area (Å²) in [6, 6.07) is 9.10. The second-order valence-corrected chi connectivity index (χ2v) is 6.42. The van der Waals surface area contributed by atoms with E-state index in [4.69, 9.17) is 19.3 Å². The summed E-state index contributed by atoms with van der Waals surface area (Å²) in [6.45, 7) is 2.48. The Balaban J connectivity index is 1.76. The topological polar surface area (TPSA) is 94.1 Å². The third kappa shape index (κ3) is 8.23. The molecule has 1 aromatic carbocycles. The van der Waals surface area contributed by atoms with Gasteiger partial charge in [0, 0.05) is 18.0 Å². The van der Waals surface area contributed by atoms with Gasteiger partial charge in [-0.25, -0.2) is 4.79 Å². The third-order valence-electron chi connectivity index (χ3n) is 4.20. The molecule has 0 unspecified atom stereocenters. The standard InChI is InChI=1S/C20H27NO6/c1-15-25-13-16(9-5-2-3-8-12-19(22)23)18(27-15)14-26-20(24)21-17-10-6-4-7-11-17/h2,4-7,10-11,15-16,18H,3,8-9,12-14H2,1H3,(H,21,24)(H,22,23)/t15-,16+,18+/m1/s1. The SMILES string of the molecule is C[C@@H]1OC[C@H](CC=CCCCC(=O)O)[C@H](COC(=O)Nc2ccccc2)O1. The van der Waals surface area contributed by atoms with Crippen molar-refractivity contribution in [2.24, 2.45) is 5.92 Å². The number of carbonyl (C=O) groups excluding carboxylic acids is 1. The van der Waals surface area contributed by atoms with E-state index >= 15 is 0 Å². The highest BCUT2D eigenvalue weighted by Gasteiger charge is 2.30. The fourth-order valence-electron chi connectivity index (χ4n) is 2.75. The number of hydrogen-bond donors (Lipinski definition) is 2. The maximum Gasteiger partial charge on any atom is 0.411 e. The molecule has 148 valence electrons. The zero-order valence-electron chi connectivity index (χ0n) is 15.5. The van der Waals surface area contributed by atoms with Gasteiger partial charge in [-0.2, -0.15) is 0 Å². The molecule has 2 N–H and O–H groups in total. The number of ether oxygens (including phenoxy) is 3. The number of unbranched alkanes of at least 4 members (excludes halogenated alkanes) is 1. The van der Waals surface area contributed by atoms with Gasteiger partial charge in [-0.3, -0.25) is 10.1 Å². The number of aliphatic carboxylic acids is 1. The molecule has 27 heavy (non-hydrogen) atoms. The number of rotatable bonds is 9. The van der Waals surface area contributed by atoms with Crippen molar-refractivity contribution < 1.29 is 28.9 Å². The van der Waals surface area contributed by atoms with Crippen LogP contribution in [0.15, 0.2) is 42.5 Å². The lowest BCUT2D eigenvalue weighted by molar-refractivity contribution is -0.233. The van der Waals surface area contributed by atoms with Crippen molar-refractivity contribution in [3.05, 3.63) is 42.5 Å². The Morgan fingerprint density at radius 2 is 2.07 bits per heavy atom. The number of para-hydroxylation sites is 1. The summed E-state index contributed by atoms with van der Waals surface area (Å²) in [4.78, 5) is 22.4. The summed E-state index contributed by atoms with van der Waals surface area (Å²) in [7, 11) is 0. The Labute approximate surface area is 159 Å². The first-order valence-corrected chi connectivity index (χ1v) is 9.17. The van der Waals surface area contributed by atoms with Crippen LogP contribution in [0.5, 0.6) is 0 Å². The highest BCUT2D eigenvalue weighted by Crippen LogP contribution is 2.23. The van der Waals surface area contributed by atoms with Gasteiger partial charge in [0.2, 0.25) is 0 Å². The molecule has 1 saturated heterocycles. The van der Waals surface area contributed by atoms with Crippen molar-refractivity contribution in [2.75, 3.05) is 18.5 Å². The molecule has 1 aliphatic heterocycles. The highest BCUT2D eigenvalue weighted by atomic mass is 16.7. The van der Waals surface area contributed by atoms with E-state index in [1.165, 1.54) is 0 Å². The quantitative estimate of drug-likeness (QED) is 0.502. The Hall–Kier alpha value is -2.38. The molecule has 3 atom stereocenters. The van der Waals surface area contributed by atoms with Gasteiger partial charge < -0.3 is 19.3 Å². The van der Waals surface area contributed by atoms with Crippen LogP contribution < -0.4 is 5.32 Å². The average molecular weight is 377 g/mol. The van der Waals surface area contributed by atoms with Gasteiger partial charge in [-0.1, -0.05) is 30.4 Å². The largest absolute Gasteiger partial charge is 0.481 e. The van der Waals surface area contributed by atoms with E-state index < -0.39 is 12.1 Å². The van der Waals surface area contributed by atoms with Crippen LogP contribution in [0.25, 0.3) is 0 Å². The first-order chi connectivity index (χ1) is 13.0. The molecule has 1 aliphatic rings. The van der Waals surface area contributed by atoms with E-state index in [9.17, 15) is 9.59 Å². The zero-order chi connectivity index (χ0) is 19.5. The maximum atomic E-state index is 11.9. The van der Waals surface area contributed by atoms with Crippen LogP contribution in [0.4, 0.5) is 10.5 Å². The van der Waals surface area contributed by atoms with Gasteiger partial charge in [-0.05, 0) is 38.3 Å². The van der Waals surface area contributed by atoms with Crippen LogP contribution in [0.3, 0.4) is 0 Å². The third-order valence-corrected chi connectivity index (χ3v) is 4.20. The normalized spacial score (nSPS) is 22.5. The van der Waals surface area contributed by atoms with E-state index in [1.54, 1.807) is 12.1 Å². The monoisotopic (exact) mass is 377 g/mol. The lowest BCUT2D eigenvalue weighted by Gasteiger charge is -2.34. The fourth-order valence-corrected chi connectivity index (χ4v) is 2.75. The van der Waals surface area contributed by atoms with Crippen molar-refractivity contribution in [2.45, 2.75) is 45.0 Å². The Bertz CT molecular complexity index is 618. The van der Waals surface area contributed by atoms with Crippen LogP contribution >= 0.6 is 0 Å². The van der Waals surface area contributed by atoms with E-state index in [0.717, 1.165) is 6.42 Å². The van der Waals surface area contributed by atoms with Gasteiger partial charge in [0.25, 0.3) is 0 Å². The van der Waals surface area contributed by atoms with Crippen molar-refractivity contribution in [1.29, 1.82) is 0 Å². The molecule has 0 aliphatic carbocycles. The molecule has 7 nitrogen and oxygen atoms in total. The van der Waals surface area contributed by atoms with Crippen LogP contribution in [0.1, 0.15) is 32.6 Å². The molecule has 1 amide bonds. The molecule has 7 heteroatoms. The van der Waals surface area contributed by atoms with Crippen LogP contribution in [-0.2, 0) is 19.0 Å². The number of carbonyl (C=O) groups is 2. The van der Waals surface area contributed by atoms with Crippen molar-refractivity contribution in [3.8, 4) is 0 Å². The number of anilines is 1. The van der Waals surface area contributed by atoms with E-state index in [2.05, 4.69) is 5.32 Å². The second kappa shape index (κ2) is 11.4. The number of carboxylic acid groups (broad SMARTS) is 1. The molecule has 0 radical (unpaired) electrons. The first-order valence-electron chi connectivity index (χ1n) is 9.17. The summed E-state index contributed by atoms with van der Waals surface area (Å²) < 4.78 is 16.6. The molecule has 1 heterocycles. The second-order valence-electron chi connectivity index (χ2n) is 6.42. The Morgan fingerprint density at radius 1 is 1.30 bits per heavy atom. The van der Waals surface area contributed by atoms with Gasteiger partial charge in [0.15, 0.2) is 6.29 Å². The minimum absolute atomic E-state index is 0.0708. The molecule has 0 bridgehead atoms. The predicted molar refractivity (Wildman–Crippen MR) is 100 cm³/mol. The molecule has 1 fully saturated rings. The lowest BCUT2D eigenvalue weighted by atomic mass is 9.98. The Kier molecular flexibility index (Phi) is 8.80. The van der Waals surface area contributed by atoms with Crippen LogP contribution in [0, 0.1) is 5.92 Å². The van der Waals surface area contributed by atoms with Crippen LogP contribution in [0.2, 0.25) is 0 Å².